The summed E-state index contributed by atoms with van der Waals surface area (Å²) in [7, 11) is 0. The Kier molecular flexibility index (Phi) is 2.36. The Hall–Kier alpha value is -1.56. The van der Waals surface area contributed by atoms with Gasteiger partial charge < -0.3 is 5.11 Å². The molecule has 1 aromatic carbocycles. The number of H-pyrrole nitrogens is 1. The molecule has 2 aromatic rings. The number of benzene rings is 1. The standard InChI is InChI=1S/C9H6BrFN2O2/c10-6-2-1-5(3-7(6)11)13-4-8(14)12-9(13)15/h1-4,14H,(H,12,15). The smallest absolute Gasteiger partial charge is 0.332 e. The molecule has 78 valence electrons. The zero-order valence-electron chi connectivity index (χ0n) is 7.37. The summed E-state index contributed by atoms with van der Waals surface area (Å²) in [5, 5.41) is 9.04. The van der Waals surface area contributed by atoms with Gasteiger partial charge >= 0.3 is 5.69 Å². The van der Waals surface area contributed by atoms with Gasteiger partial charge in [-0.15, -0.1) is 0 Å². The van der Waals surface area contributed by atoms with Gasteiger partial charge in [-0.2, -0.15) is 0 Å². The van der Waals surface area contributed by atoms with Gasteiger partial charge in [-0.05, 0) is 34.1 Å². The van der Waals surface area contributed by atoms with Gasteiger partial charge in [0.1, 0.15) is 5.82 Å². The summed E-state index contributed by atoms with van der Waals surface area (Å²) < 4.78 is 14.6. The lowest BCUT2D eigenvalue weighted by Crippen LogP contribution is -2.14. The Morgan fingerprint density at radius 3 is 2.73 bits per heavy atom. The van der Waals surface area contributed by atoms with E-state index in [4.69, 9.17) is 5.11 Å². The molecular formula is C9H6BrFN2O2. The lowest BCUT2D eigenvalue weighted by atomic mass is 10.3. The van der Waals surface area contributed by atoms with E-state index in [1.165, 1.54) is 18.3 Å². The number of hydrogen-bond acceptors (Lipinski definition) is 2. The molecule has 6 heteroatoms. The summed E-state index contributed by atoms with van der Waals surface area (Å²) in [6, 6.07) is 4.24. The molecule has 0 bridgehead atoms. The van der Waals surface area contributed by atoms with Crippen LogP contribution >= 0.6 is 15.9 Å². The topological polar surface area (TPSA) is 58.0 Å². The number of aromatic hydroxyl groups is 1. The van der Waals surface area contributed by atoms with Crippen LogP contribution in [0.15, 0.2) is 33.7 Å². The molecule has 0 atom stereocenters. The number of aromatic amines is 1. The maximum absolute atomic E-state index is 13.2. The molecule has 0 radical (unpaired) electrons. The monoisotopic (exact) mass is 272 g/mol. The second kappa shape index (κ2) is 3.54. The molecule has 1 heterocycles. The van der Waals surface area contributed by atoms with Crippen molar-refractivity contribution in [2.75, 3.05) is 0 Å². The van der Waals surface area contributed by atoms with Gasteiger partial charge in [0.25, 0.3) is 0 Å². The zero-order valence-corrected chi connectivity index (χ0v) is 8.95. The lowest BCUT2D eigenvalue weighted by molar-refractivity contribution is 0.455. The minimum atomic E-state index is -0.519. The second-order valence-electron chi connectivity index (χ2n) is 2.91. The number of nitrogens with zero attached hydrogens (tertiary/aromatic N) is 1. The normalized spacial score (nSPS) is 10.5. The van der Waals surface area contributed by atoms with Crippen molar-refractivity contribution in [2.24, 2.45) is 0 Å². The van der Waals surface area contributed by atoms with Crippen molar-refractivity contribution in [3.8, 4) is 11.6 Å². The molecular weight excluding hydrogens is 267 g/mol. The second-order valence-corrected chi connectivity index (χ2v) is 3.77. The van der Waals surface area contributed by atoms with E-state index in [1.807, 2.05) is 0 Å². The van der Waals surface area contributed by atoms with Crippen molar-refractivity contribution in [1.29, 1.82) is 0 Å². The molecule has 15 heavy (non-hydrogen) atoms. The van der Waals surface area contributed by atoms with Crippen molar-refractivity contribution in [3.05, 3.63) is 45.2 Å². The summed E-state index contributed by atoms with van der Waals surface area (Å²) in [4.78, 5) is 13.4. The van der Waals surface area contributed by atoms with E-state index in [-0.39, 0.29) is 5.88 Å². The van der Waals surface area contributed by atoms with Gasteiger partial charge in [0.15, 0.2) is 0 Å². The van der Waals surface area contributed by atoms with E-state index in [2.05, 4.69) is 20.9 Å². The third kappa shape index (κ3) is 1.80. The lowest BCUT2D eigenvalue weighted by Gasteiger charge is -2.01. The average Bonchev–Trinajstić information content (AvgIpc) is 2.50. The van der Waals surface area contributed by atoms with Crippen LogP contribution in [0.3, 0.4) is 0 Å². The molecule has 2 N–H and O–H groups in total. The molecule has 0 unspecified atom stereocenters. The van der Waals surface area contributed by atoms with Crippen LogP contribution in [0.2, 0.25) is 0 Å². The fraction of sp³-hybridized carbons (Fsp3) is 0. The highest BCUT2D eigenvalue weighted by atomic mass is 79.9. The Bertz CT molecular complexity index is 561. The first-order chi connectivity index (χ1) is 7.08. The van der Waals surface area contributed by atoms with Gasteiger partial charge in [-0.25, -0.2) is 9.18 Å². The van der Waals surface area contributed by atoms with Crippen LogP contribution in [-0.4, -0.2) is 14.7 Å². The predicted molar refractivity (Wildman–Crippen MR) is 55.7 cm³/mol. The number of aromatic nitrogens is 2. The SMILES string of the molecule is O=c1[nH]c(O)cn1-c1ccc(Br)c(F)c1. The van der Waals surface area contributed by atoms with Gasteiger partial charge in [0.2, 0.25) is 5.88 Å². The number of nitrogens with one attached hydrogen (secondary N) is 1. The van der Waals surface area contributed by atoms with Gasteiger partial charge in [0.05, 0.1) is 16.4 Å². The predicted octanol–water partition coefficient (Wildman–Crippen LogP) is 1.77. The number of hydrogen-bond donors (Lipinski definition) is 2. The highest BCUT2D eigenvalue weighted by Gasteiger charge is 2.06. The Balaban J connectivity index is 2.59. The van der Waals surface area contributed by atoms with E-state index < -0.39 is 11.5 Å². The summed E-state index contributed by atoms with van der Waals surface area (Å²) in [5.41, 5.74) is -0.175. The van der Waals surface area contributed by atoms with Crippen LogP contribution in [0, 0.1) is 5.82 Å². The summed E-state index contributed by atoms with van der Waals surface area (Å²) in [6.07, 6.45) is 1.19. The quantitative estimate of drug-likeness (QED) is 0.832. The average molecular weight is 273 g/mol. The molecule has 4 nitrogen and oxygen atoms in total. The molecule has 0 fully saturated rings. The number of rotatable bonds is 1. The van der Waals surface area contributed by atoms with Crippen LogP contribution < -0.4 is 5.69 Å². The molecule has 2 rings (SSSR count). The van der Waals surface area contributed by atoms with Crippen LogP contribution in [0.1, 0.15) is 0 Å². The molecule has 0 saturated heterocycles. The molecule has 0 aliphatic heterocycles. The van der Waals surface area contributed by atoms with Crippen LogP contribution in [0.25, 0.3) is 5.69 Å². The molecule has 1 aromatic heterocycles. The van der Waals surface area contributed by atoms with E-state index in [1.54, 1.807) is 6.07 Å². The first-order valence-corrected chi connectivity index (χ1v) is 4.83. The van der Waals surface area contributed by atoms with Crippen molar-refractivity contribution in [3.63, 3.8) is 0 Å². The van der Waals surface area contributed by atoms with Gasteiger partial charge in [-0.1, -0.05) is 0 Å². The highest BCUT2D eigenvalue weighted by molar-refractivity contribution is 9.10. The first kappa shape index (κ1) is 9.97. The maximum atomic E-state index is 13.2. The summed E-state index contributed by atoms with van der Waals surface area (Å²) >= 11 is 3.01. The van der Waals surface area contributed by atoms with Crippen LogP contribution in [0.4, 0.5) is 4.39 Å². The Morgan fingerprint density at radius 1 is 1.47 bits per heavy atom. The third-order valence-electron chi connectivity index (χ3n) is 1.89. The Morgan fingerprint density at radius 2 is 2.20 bits per heavy atom. The van der Waals surface area contributed by atoms with E-state index in [0.717, 1.165) is 4.57 Å². The van der Waals surface area contributed by atoms with Crippen LogP contribution in [-0.2, 0) is 0 Å². The molecule has 0 spiro atoms. The fourth-order valence-corrected chi connectivity index (χ4v) is 1.46. The van der Waals surface area contributed by atoms with Crippen molar-refractivity contribution >= 4 is 15.9 Å². The molecule has 0 saturated carbocycles. The minimum Gasteiger partial charge on any atom is -0.493 e. The molecule has 0 aliphatic rings. The highest BCUT2D eigenvalue weighted by Crippen LogP contribution is 2.18. The molecule has 0 aliphatic carbocycles. The third-order valence-corrected chi connectivity index (χ3v) is 2.53. The van der Waals surface area contributed by atoms with E-state index in [9.17, 15) is 9.18 Å². The largest absolute Gasteiger partial charge is 0.493 e. The number of halogens is 2. The van der Waals surface area contributed by atoms with Gasteiger partial charge in [0, 0.05) is 0 Å². The van der Waals surface area contributed by atoms with Crippen LogP contribution in [0.5, 0.6) is 5.88 Å². The zero-order chi connectivity index (χ0) is 11.0. The summed E-state index contributed by atoms with van der Waals surface area (Å²) in [6.45, 7) is 0. The van der Waals surface area contributed by atoms with Crippen molar-refractivity contribution in [2.45, 2.75) is 0 Å². The van der Waals surface area contributed by atoms with E-state index >= 15 is 0 Å². The summed E-state index contributed by atoms with van der Waals surface area (Å²) in [5.74, 6) is -0.733. The number of imidazole rings is 1. The Labute approximate surface area is 92.1 Å². The van der Waals surface area contributed by atoms with E-state index in [0.29, 0.717) is 10.2 Å². The molecule has 0 amide bonds. The maximum Gasteiger partial charge on any atom is 0.332 e. The first-order valence-electron chi connectivity index (χ1n) is 4.04. The van der Waals surface area contributed by atoms with Crippen molar-refractivity contribution in [1.82, 2.24) is 9.55 Å². The van der Waals surface area contributed by atoms with Gasteiger partial charge in [-0.3, -0.25) is 9.55 Å². The van der Waals surface area contributed by atoms with Crippen molar-refractivity contribution < 1.29 is 9.50 Å². The fourth-order valence-electron chi connectivity index (χ4n) is 1.21. The minimum absolute atomic E-state index is 0.261.